The van der Waals surface area contributed by atoms with Crippen LogP contribution in [0, 0.1) is 5.82 Å². The van der Waals surface area contributed by atoms with Gasteiger partial charge in [-0.3, -0.25) is 9.59 Å². The molecule has 1 N–H and O–H groups in total. The molecule has 7 heteroatoms. The zero-order valence-electron chi connectivity index (χ0n) is 18.7. The van der Waals surface area contributed by atoms with Crippen LogP contribution in [0.15, 0.2) is 48.0 Å². The van der Waals surface area contributed by atoms with Gasteiger partial charge in [-0.2, -0.15) is 0 Å². The summed E-state index contributed by atoms with van der Waals surface area (Å²) in [5, 5.41) is 11.2. The molecule has 2 aromatic rings. The molecule has 1 fully saturated rings. The second kappa shape index (κ2) is 9.85. The highest BCUT2D eigenvalue weighted by atomic mass is 19.1. The van der Waals surface area contributed by atoms with Gasteiger partial charge >= 0.3 is 0 Å². The van der Waals surface area contributed by atoms with Crippen LogP contribution < -0.4 is 9.47 Å². The number of carbonyl (C=O) groups excluding carboxylic acids is 2. The summed E-state index contributed by atoms with van der Waals surface area (Å²) in [5.74, 6) is -1.92. The molecule has 0 aliphatic carbocycles. The smallest absolute Gasteiger partial charge is 0.295 e. The quantitative estimate of drug-likeness (QED) is 0.360. The molecule has 1 heterocycles. The largest absolute Gasteiger partial charge is 0.507 e. The van der Waals surface area contributed by atoms with E-state index >= 15 is 0 Å². The van der Waals surface area contributed by atoms with E-state index in [2.05, 4.69) is 0 Å². The predicted molar refractivity (Wildman–Crippen MR) is 119 cm³/mol. The Morgan fingerprint density at radius 1 is 1.16 bits per heavy atom. The van der Waals surface area contributed by atoms with E-state index in [4.69, 9.17) is 9.47 Å². The van der Waals surface area contributed by atoms with Crippen LogP contribution >= 0.6 is 0 Å². The fraction of sp³-hybridized carbons (Fsp3) is 0.360. The number of carbonyl (C=O) groups is 2. The van der Waals surface area contributed by atoms with Gasteiger partial charge in [-0.1, -0.05) is 31.5 Å². The van der Waals surface area contributed by atoms with E-state index in [0.29, 0.717) is 24.3 Å². The van der Waals surface area contributed by atoms with Crippen LogP contribution in [0.4, 0.5) is 4.39 Å². The number of aliphatic hydroxyl groups is 1. The second-order valence-electron chi connectivity index (χ2n) is 7.90. The highest BCUT2D eigenvalue weighted by Gasteiger charge is 2.47. The summed E-state index contributed by atoms with van der Waals surface area (Å²) in [7, 11) is 1.38. The van der Waals surface area contributed by atoms with E-state index in [1.165, 1.54) is 24.1 Å². The van der Waals surface area contributed by atoms with Crippen molar-refractivity contribution in [3.8, 4) is 11.5 Å². The Morgan fingerprint density at radius 2 is 1.88 bits per heavy atom. The molecule has 0 aromatic heterocycles. The third kappa shape index (κ3) is 4.47. The van der Waals surface area contributed by atoms with Crippen molar-refractivity contribution in [3.05, 3.63) is 65.0 Å². The van der Waals surface area contributed by atoms with Gasteiger partial charge in [-0.15, -0.1) is 0 Å². The number of rotatable bonds is 8. The summed E-state index contributed by atoms with van der Waals surface area (Å²) >= 11 is 0. The SMILES string of the molecule is CCCCN1C(=O)C(=O)/C(=C(/O)c2cc(F)ccc2OC)C1c1ccccc1OC(C)C. The first kappa shape index (κ1) is 23.3. The van der Waals surface area contributed by atoms with Crippen molar-refractivity contribution >= 4 is 17.4 Å². The van der Waals surface area contributed by atoms with Crippen LogP contribution in [0.25, 0.3) is 5.76 Å². The Hall–Kier alpha value is -3.35. The van der Waals surface area contributed by atoms with E-state index in [0.717, 1.165) is 12.5 Å². The van der Waals surface area contributed by atoms with Crippen molar-refractivity contribution < 1.29 is 28.6 Å². The number of para-hydroxylation sites is 1. The van der Waals surface area contributed by atoms with Gasteiger partial charge in [0.1, 0.15) is 23.1 Å². The summed E-state index contributed by atoms with van der Waals surface area (Å²) in [6.45, 7) is 6.07. The predicted octanol–water partition coefficient (Wildman–Crippen LogP) is 4.84. The van der Waals surface area contributed by atoms with Crippen LogP contribution in [0.1, 0.15) is 50.8 Å². The molecule has 170 valence electrons. The number of ether oxygens (including phenoxy) is 2. The van der Waals surface area contributed by atoms with Crippen molar-refractivity contribution in [2.24, 2.45) is 0 Å². The van der Waals surface area contributed by atoms with Gasteiger partial charge in [0.15, 0.2) is 0 Å². The average Bonchev–Trinajstić information content (AvgIpc) is 3.01. The number of hydrogen-bond acceptors (Lipinski definition) is 5. The molecule has 1 saturated heterocycles. The number of Topliss-reactive ketones (excluding diaryl/α,β-unsaturated/α-hetero) is 1. The van der Waals surface area contributed by atoms with Crippen LogP contribution in [0.2, 0.25) is 0 Å². The van der Waals surface area contributed by atoms with E-state index in [1.807, 2.05) is 20.8 Å². The second-order valence-corrected chi connectivity index (χ2v) is 7.90. The number of nitrogens with zero attached hydrogens (tertiary/aromatic N) is 1. The van der Waals surface area contributed by atoms with Gasteiger partial charge in [-0.25, -0.2) is 4.39 Å². The lowest BCUT2D eigenvalue weighted by Crippen LogP contribution is -2.31. The van der Waals surface area contributed by atoms with Gasteiger partial charge in [0.25, 0.3) is 11.7 Å². The molecular weight excluding hydrogens is 413 g/mol. The van der Waals surface area contributed by atoms with Crippen LogP contribution in [0.3, 0.4) is 0 Å². The van der Waals surface area contributed by atoms with E-state index in [9.17, 15) is 19.1 Å². The minimum Gasteiger partial charge on any atom is -0.507 e. The number of amides is 1. The first-order chi connectivity index (χ1) is 15.3. The minimum atomic E-state index is -0.871. The molecule has 1 atom stereocenters. The fourth-order valence-electron chi connectivity index (χ4n) is 3.84. The van der Waals surface area contributed by atoms with E-state index < -0.39 is 29.3 Å². The maximum Gasteiger partial charge on any atom is 0.295 e. The maximum atomic E-state index is 14.0. The lowest BCUT2D eigenvalue weighted by molar-refractivity contribution is -0.139. The number of halogens is 1. The van der Waals surface area contributed by atoms with Crippen molar-refractivity contribution in [1.82, 2.24) is 4.90 Å². The Bertz CT molecular complexity index is 1050. The molecule has 32 heavy (non-hydrogen) atoms. The standard InChI is InChI=1S/C25H28FNO5/c1-5-6-13-27-22(17-9-7-8-10-20(17)32-15(2)3)21(24(29)25(27)30)23(28)18-14-16(26)11-12-19(18)31-4/h7-12,14-15,22,28H,5-6,13H2,1-4H3/b23-21+. The van der Waals surface area contributed by atoms with Crippen LogP contribution in [0.5, 0.6) is 11.5 Å². The molecule has 1 aliphatic rings. The molecule has 1 amide bonds. The number of aliphatic hydroxyl groups excluding tert-OH is 1. The summed E-state index contributed by atoms with van der Waals surface area (Å²) < 4.78 is 25.2. The Balaban J connectivity index is 2.26. The van der Waals surface area contributed by atoms with Crippen molar-refractivity contribution in [1.29, 1.82) is 0 Å². The lowest BCUT2D eigenvalue weighted by Gasteiger charge is -2.27. The molecule has 1 unspecified atom stereocenters. The molecular formula is C25H28FNO5. The molecule has 1 aliphatic heterocycles. The van der Waals surface area contributed by atoms with E-state index in [-0.39, 0.29) is 23.0 Å². The molecule has 0 radical (unpaired) electrons. The van der Waals surface area contributed by atoms with Crippen LogP contribution in [-0.4, -0.2) is 41.5 Å². The Morgan fingerprint density at radius 3 is 2.53 bits per heavy atom. The van der Waals surface area contributed by atoms with Crippen molar-refractivity contribution in [3.63, 3.8) is 0 Å². The highest BCUT2D eigenvalue weighted by molar-refractivity contribution is 6.46. The number of hydrogen-bond donors (Lipinski definition) is 1. The third-order valence-corrected chi connectivity index (χ3v) is 5.29. The zero-order chi connectivity index (χ0) is 23.4. The summed E-state index contributed by atoms with van der Waals surface area (Å²) in [6, 6.07) is 9.88. The van der Waals surface area contributed by atoms with Crippen LogP contribution in [-0.2, 0) is 9.59 Å². The zero-order valence-corrected chi connectivity index (χ0v) is 18.7. The summed E-state index contributed by atoms with van der Waals surface area (Å²) in [6.07, 6.45) is 1.36. The fourth-order valence-corrected chi connectivity index (χ4v) is 3.84. The van der Waals surface area contributed by atoms with Crippen molar-refractivity contribution in [2.75, 3.05) is 13.7 Å². The molecule has 3 rings (SSSR count). The molecule has 0 spiro atoms. The average molecular weight is 441 g/mol. The Labute approximate surface area is 187 Å². The molecule has 2 aromatic carbocycles. The van der Waals surface area contributed by atoms with Gasteiger partial charge in [0.2, 0.25) is 0 Å². The molecule has 0 bridgehead atoms. The topological polar surface area (TPSA) is 76.1 Å². The van der Waals surface area contributed by atoms with Gasteiger partial charge in [-0.05, 0) is 44.5 Å². The van der Waals surface area contributed by atoms with Gasteiger partial charge < -0.3 is 19.5 Å². The van der Waals surface area contributed by atoms with Gasteiger partial charge in [0, 0.05) is 12.1 Å². The number of likely N-dealkylation sites (tertiary alicyclic amines) is 1. The minimum absolute atomic E-state index is 0.00764. The monoisotopic (exact) mass is 441 g/mol. The number of ketones is 1. The normalized spacial score (nSPS) is 17.8. The lowest BCUT2D eigenvalue weighted by atomic mass is 9.94. The third-order valence-electron chi connectivity index (χ3n) is 5.29. The number of benzene rings is 2. The highest BCUT2D eigenvalue weighted by Crippen LogP contribution is 2.44. The first-order valence-electron chi connectivity index (χ1n) is 10.7. The summed E-state index contributed by atoms with van der Waals surface area (Å²) in [5.41, 5.74) is 0.469. The summed E-state index contributed by atoms with van der Waals surface area (Å²) in [4.78, 5) is 27.5. The number of methoxy groups -OCH3 is 1. The maximum absolute atomic E-state index is 14.0. The molecule has 6 nitrogen and oxygen atoms in total. The van der Waals surface area contributed by atoms with Gasteiger partial charge in [0.05, 0.1) is 30.4 Å². The molecule has 0 saturated carbocycles. The number of unbranched alkanes of at least 4 members (excludes halogenated alkanes) is 1. The van der Waals surface area contributed by atoms with Crippen molar-refractivity contribution in [2.45, 2.75) is 45.8 Å². The first-order valence-corrected chi connectivity index (χ1v) is 10.7. The van der Waals surface area contributed by atoms with E-state index in [1.54, 1.807) is 24.3 Å². The Kier molecular flexibility index (Phi) is 7.18.